The van der Waals surface area contributed by atoms with Crippen LogP contribution in [-0.4, -0.2) is 26.2 Å². The zero-order valence-electron chi connectivity index (χ0n) is 10.5. The summed E-state index contributed by atoms with van der Waals surface area (Å²) in [5.74, 6) is -1.80. The first-order valence-electron chi connectivity index (χ1n) is 5.48. The minimum atomic E-state index is -4.64. The summed E-state index contributed by atoms with van der Waals surface area (Å²) < 4.78 is 41.7. The number of anilines is 1. The van der Waals surface area contributed by atoms with Crippen LogP contribution in [0.4, 0.5) is 19.1 Å². The van der Waals surface area contributed by atoms with Gasteiger partial charge in [0.05, 0.1) is 12.1 Å². The van der Waals surface area contributed by atoms with Gasteiger partial charge in [0.2, 0.25) is 17.7 Å². The maximum absolute atomic E-state index is 12.3. The van der Waals surface area contributed by atoms with Gasteiger partial charge in [-0.1, -0.05) is 5.16 Å². The third kappa shape index (κ3) is 2.95. The van der Waals surface area contributed by atoms with E-state index in [0.29, 0.717) is 17.0 Å². The van der Waals surface area contributed by atoms with E-state index in [0.717, 1.165) is 0 Å². The minimum absolute atomic E-state index is 0.0863. The molecular formula is C10H10F3N5O2. The number of aromatic amines is 1. The van der Waals surface area contributed by atoms with Gasteiger partial charge in [-0.3, -0.25) is 15.2 Å². The van der Waals surface area contributed by atoms with E-state index in [4.69, 9.17) is 4.52 Å². The van der Waals surface area contributed by atoms with Crippen LogP contribution in [0.3, 0.4) is 0 Å². The normalized spacial score (nSPS) is 11.7. The molecule has 2 N–H and O–H groups in total. The molecule has 10 heteroatoms. The second kappa shape index (κ2) is 4.94. The van der Waals surface area contributed by atoms with E-state index in [2.05, 4.69) is 20.6 Å². The standard InChI is InChI=1S/C10H10F3N5O2/c1-4-6(5(2)20-18-4)3-7(19)14-9-15-8(16-17-9)10(11,12)13/h3H2,1-2H3,(H2,14,15,16,17,19). The molecule has 0 aliphatic carbocycles. The van der Waals surface area contributed by atoms with Gasteiger partial charge in [0.1, 0.15) is 5.76 Å². The molecule has 0 fully saturated rings. The summed E-state index contributed by atoms with van der Waals surface area (Å²) in [4.78, 5) is 14.8. The van der Waals surface area contributed by atoms with Crippen molar-refractivity contribution in [1.82, 2.24) is 20.3 Å². The first-order chi connectivity index (χ1) is 9.27. The van der Waals surface area contributed by atoms with Crippen molar-refractivity contribution in [3.05, 3.63) is 22.8 Å². The molecule has 0 saturated carbocycles. The molecule has 2 aromatic heterocycles. The molecule has 108 valence electrons. The van der Waals surface area contributed by atoms with Gasteiger partial charge in [0, 0.05) is 5.56 Å². The van der Waals surface area contributed by atoms with E-state index in [9.17, 15) is 18.0 Å². The molecule has 0 aliphatic rings. The van der Waals surface area contributed by atoms with Gasteiger partial charge in [0.25, 0.3) is 0 Å². The van der Waals surface area contributed by atoms with E-state index in [-0.39, 0.29) is 6.42 Å². The molecule has 2 aromatic rings. The first kappa shape index (κ1) is 14.0. The Hall–Kier alpha value is -2.39. The van der Waals surface area contributed by atoms with Crippen molar-refractivity contribution >= 4 is 11.9 Å². The highest BCUT2D eigenvalue weighted by molar-refractivity contribution is 5.90. The van der Waals surface area contributed by atoms with Crippen molar-refractivity contribution in [2.45, 2.75) is 26.4 Å². The van der Waals surface area contributed by atoms with E-state index in [1.807, 2.05) is 0 Å². The highest BCUT2D eigenvalue weighted by atomic mass is 19.4. The fourth-order valence-corrected chi connectivity index (χ4v) is 1.53. The van der Waals surface area contributed by atoms with Gasteiger partial charge < -0.3 is 4.52 Å². The summed E-state index contributed by atoms with van der Waals surface area (Å²) in [5, 5.41) is 10.8. The number of carbonyl (C=O) groups excluding carboxylic acids is 1. The fraction of sp³-hybridized carbons (Fsp3) is 0.400. The Balaban J connectivity index is 2.04. The Morgan fingerprint density at radius 1 is 1.40 bits per heavy atom. The summed E-state index contributed by atoms with van der Waals surface area (Å²) in [6, 6.07) is 0. The maximum Gasteiger partial charge on any atom is 0.451 e. The van der Waals surface area contributed by atoms with E-state index >= 15 is 0 Å². The Morgan fingerprint density at radius 2 is 2.10 bits per heavy atom. The van der Waals surface area contributed by atoms with Gasteiger partial charge >= 0.3 is 6.18 Å². The molecule has 0 saturated heterocycles. The number of nitrogens with zero attached hydrogens (tertiary/aromatic N) is 3. The molecule has 0 radical (unpaired) electrons. The molecular weight excluding hydrogens is 279 g/mol. The van der Waals surface area contributed by atoms with Crippen LogP contribution in [0.15, 0.2) is 4.52 Å². The van der Waals surface area contributed by atoms with Crippen LogP contribution in [0, 0.1) is 13.8 Å². The average molecular weight is 289 g/mol. The monoisotopic (exact) mass is 289 g/mol. The van der Waals surface area contributed by atoms with Gasteiger partial charge in [0.15, 0.2) is 0 Å². The van der Waals surface area contributed by atoms with Gasteiger partial charge in [-0.05, 0) is 13.8 Å². The van der Waals surface area contributed by atoms with Gasteiger partial charge in [-0.25, -0.2) is 0 Å². The Labute approximate surface area is 110 Å². The number of hydrogen-bond acceptors (Lipinski definition) is 5. The number of alkyl halides is 3. The number of aromatic nitrogens is 4. The number of aryl methyl sites for hydroxylation is 2. The molecule has 0 aliphatic heterocycles. The average Bonchev–Trinajstić information content (AvgIpc) is 2.90. The maximum atomic E-state index is 12.3. The Kier molecular flexibility index (Phi) is 3.47. The zero-order valence-corrected chi connectivity index (χ0v) is 10.5. The number of rotatable bonds is 3. The van der Waals surface area contributed by atoms with E-state index in [1.54, 1.807) is 18.9 Å². The van der Waals surface area contributed by atoms with Crippen LogP contribution in [0.5, 0.6) is 0 Å². The van der Waals surface area contributed by atoms with Crippen molar-refractivity contribution in [3.8, 4) is 0 Å². The van der Waals surface area contributed by atoms with Crippen LogP contribution >= 0.6 is 0 Å². The summed E-state index contributed by atoms with van der Waals surface area (Å²) in [6.45, 7) is 3.30. The minimum Gasteiger partial charge on any atom is -0.361 e. The highest BCUT2D eigenvalue weighted by Gasteiger charge is 2.35. The van der Waals surface area contributed by atoms with Crippen LogP contribution in [0.2, 0.25) is 0 Å². The number of hydrogen-bond donors (Lipinski definition) is 2. The largest absolute Gasteiger partial charge is 0.451 e. The van der Waals surface area contributed by atoms with E-state index in [1.165, 1.54) is 0 Å². The SMILES string of the molecule is Cc1noc(C)c1CC(=O)Nc1n[nH]c(C(F)(F)F)n1. The zero-order chi connectivity index (χ0) is 14.9. The van der Waals surface area contributed by atoms with Crippen molar-refractivity contribution < 1.29 is 22.5 Å². The molecule has 20 heavy (non-hydrogen) atoms. The molecule has 2 heterocycles. The molecule has 2 rings (SSSR count). The van der Waals surface area contributed by atoms with Crippen LogP contribution < -0.4 is 5.32 Å². The molecule has 0 bridgehead atoms. The quantitative estimate of drug-likeness (QED) is 0.894. The lowest BCUT2D eigenvalue weighted by Gasteiger charge is -2.01. The smallest absolute Gasteiger partial charge is 0.361 e. The molecule has 0 spiro atoms. The van der Waals surface area contributed by atoms with Crippen LogP contribution in [0.25, 0.3) is 0 Å². The topological polar surface area (TPSA) is 96.7 Å². The third-order valence-electron chi connectivity index (χ3n) is 2.52. The Bertz CT molecular complexity index is 612. The van der Waals surface area contributed by atoms with Crippen LogP contribution in [0.1, 0.15) is 22.8 Å². The number of amides is 1. The number of carbonyl (C=O) groups is 1. The lowest BCUT2D eigenvalue weighted by Crippen LogP contribution is -2.16. The summed E-state index contributed by atoms with van der Waals surface area (Å²) in [7, 11) is 0. The number of H-pyrrole nitrogens is 1. The first-order valence-corrected chi connectivity index (χ1v) is 5.48. The fourth-order valence-electron chi connectivity index (χ4n) is 1.53. The third-order valence-corrected chi connectivity index (χ3v) is 2.52. The highest BCUT2D eigenvalue weighted by Crippen LogP contribution is 2.26. The summed E-state index contributed by atoms with van der Waals surface area (Å²) >= 11 is 0. The second-order valence-electron chi connectivity index (χ2n) is 4.03. The Morgan fingerprint density at radius 3 is 2.60 bits per heavy atom. The van der Waals surface area contributed by atoms with Crippen LogP contribution in [-0.2, 0) is 17.4 Å². The van der Waals surface area contributed by atoms with Gasteiger partial charge in [-0.15, -0.1) is 5.10 Å². The summed E-state index contributed by atoms with van der Waals surface area (Å²) in [6.07, 6.45) is -4.73. The summed E-state index contributed by atoms with van der Waals surface area (Å²) in [5.41, 5.74) is 1.12. The van der Waals surface area contributed by atoms with Crippen molar-refractivity contribution in [2.24, 2.45) is 0 Å². The molecule has 0 atom stereocenters. The lowest BCUT2D eigenvalue weighted by atomic mass is 10.1. The van der Waals surface area contributed by atoms with Gasteiger partial charge in [-0.2, -0.15) is 18.2 Å². The predicted octanol–water partition coefficient (Wildman–Crippen LogP) is 1.61. The van der Waals surface area contributed by atoms with Crippen molar-refractivity contribution in [3.63, 3.8) is 0 Å². The molecule has 7 nitrogen and oxygen atoms in total. The molecule has 0 aromatic carbocycles. The lowest BCUT2D eigenvalue weighted by molar-refractivity contribution is -0.144. The number of nitrogens with one attached hydrogen (secondary N) is 2. The van der Waals surface area contributed by atoms with Crippen molar-refractivity contribution in [2.75, 3.05) is 5.32 Å². The predicted molar refractivity (Wildman–Crippen MR) is 59.7 cm³/mol. The van der Waals surface area contributed by atoms with E-state index < -0.39 is 23.9 Å². The second-order valence-corrected chi connectivity index (χ2v) is 4.03. The number of halogens is 3. The van der Waals surface area contributed by atoms with Crippen molar-refractivity contribution in [1.29, 1.82) is 0 Å². The molecule has 1 amide bonds. The molecule has 0 unspecified atom stereocenters.